The van der Waals surface area contributed by atoms with Crippen LogP contribution >= 0.6 is 19.8 Å². The molecule has 0 unspecified atom stereocenters. The average molecular weight is 323 g/mol. The van der Waals surface area contributed by atoms with Crippen molar-refractivity contribution in [3.05, 3.63) is 0 Å². The van der Waals surface area contributed by atoms with E-state index in [0.29, 0.717) is 18.2 Å². The fourth-order valence-corrected chi connectivity index (χ4v) is 3.97. The first kappa shape index (κ1) is 20.0. The van der Waals surface area contributed by atoms with Gasteiger partial charge in [0, 0.05) is 6.54 Å². The van der Waals surface area contributed by atoms with Crippen molar-refractivity contribution in [2.24, 2.45) is 0 Å². The second kappa shape index (κ2) is 12.8. The van der Waals surface area contributed by atoms with Crippen molar-refractivity contribution in [3.63, 3.8) is 0 Å². The molecule has 0 aliphatic carbocycles. The van der Waals surface area contributed by atoms with Crippen molar-refractivity contribution in [3.8, 4) is 0 Å². The van der Waals surface area contributed by atoms with E-state index in [0.717, 1.165) is 13.0 Å². The number of hydrogen-bond donors (Lipinski definition) is 1. The molecule has 0 fully saturated rings. The highest BCUT2D eigenvalue weighted by molar-refractivity contribution is 7.81. The molecule has 0 heterocycles. The van der Waals surface area contributed by atoms with Gasteiger partial charge in [0.1, 0.15) is 6.16 Å². The third-order valence-corrected chi connectivity index (χ3v) is 5.35. The highest BCUT2D eigenvalue weighted by Gasteiger charge is 2.25. The molecule has 0 aromatic heterocycles. The number of thiocarbonyl (C=S) groups is 1. The lowest BCUT2D eigenvalue weighted by atomic mass is 10.1. The molecular weight excluding hydrogens is 293 g/mol. The highest BCUT2D eigenvalue weighted by atomic mass is 32.1. The van der Waals surface area contributed by atoms with Crippen LogP contribution < -0.4 is 5.32 Å². The zero-order valence-electron chi connectivity index (χ0n) is 13.2. The molecule has 0 rings (SSSR count). The maximum atomic E-state index is 12.3. The summed E-state index contributed by atoms with van der Waals surface area (Å²) in [6, 6.07) is 0. The minimum atomic E-state index is -3.05. The minimum Gasteiger partial charge on any atom is -0.379 e. The summed E-state index contributed by atoms with van der Waals surface area (Å²) in [7, 11) is -3.05. The van der Waals surface area contributed by atoms with Crippen LogP contribution in [0.25, 0.3) is 0 Å². The SMILES string of the molecule is CCCCCCCCNC(=S)CP(=O)(OCC)OCC. The van der Waals surface area contributed by atoms with E-state index in [2.05, 4.69) is 12.2 Å². The molecule has 120 valence electrons. The quantitative estimate of drug-likeness (QED) is 0.306. The maximum Gasteiger partial charge on any atom is 0.337 e. The highest BCUT2D eigenvalue weighted by Crippen LogP contribution is 2.47. The molecule has 4 nitrogen and oxygen atoms in total. The Morgan fingerprint density at radius 1 is 1.00 bits per heavy atom. The molecule has 0 saturated heterocycles. The summed E-state index contributed by atoms with van der Waals surface area (Å²) in [5, 5.41) is 3.15. The Bertz CT molecular complexity index is 290. The standard InChI is InChI=1S/C14H30NO3PS/c1-4-7-8-9-10-11-12-15-14(20)13-19(16,17-5-2)18-6-3/h4-13H2,1-3H3,(H,15,20). The van der Waals surface area contributed by atoms with Crippen LogP contribution in [0.1, 0.15) is 59.3 Å². The van der Waals surface area contributed by atoms with Crippen LogP contribution in [0, 0.1) is 0 Å². The van der Waals surface area contributed by atoms with Gasteiger partial charge in [0.25, 0.3) is 0 Å². The van der Waals surface area contributed by atoms with Gasteiger partial charge in [-0.1, -0.05) is 51.2 Å². The van der Waals surface area contributed by atoms with E-state index in [1.165, 1.54) is 32.1 Å². The maximum absolute atomic E-state index is 12.3. The Kier molecular flexibility index (Phi) is 12.8. The van der Waals surface area contributed by atoms with Gasteiger partial charge in [0.2, 0.25) is 0 Å². The van der Waals surface area contributed by atoms with Gasteiger partial charge in [-0.25, -0.2) is 0 Å². The molecule has 0 atom stereocenters. The van der Waals surface area contributed by atoms with E-state index in [1.54, 1.807) is 13.8 Å². The van der Waals surface area contributed by atoms with Crippen molar-refractivity contribution in [2.45, 2.75) is 59.3 Å². The molecule has 1 N–H and O–H groups in total. The molecule has 0 aromatic carbocycles. The molecule has 0 radical (unpaired) electrons. The van der Waals surface area contributed by atoms with Crippen LogP contribution in [0.15, 0.2) is 0 Å². The van der Waals surface area contributed by atoms with Crippen LogP contribution in [0.3, 0.4) is 0 Å². The van der Waals surface area contributed by atoms with Crippen LogP contribution in [0.5, 0.6) is 0 Å². The number of unbranched alkanes of at least 4 members (excludes halogenated alkanes) is 5. The molecule has 0 aromatic rings. The van der Waals surface area contributed by atoms with Gasteiger partial charge in [0.15, 0.2) is 0 Å². The summed E-state index contributed by atoms with van der Waals surface area (Å²) >= 11 is 5.21. The van der Waals surface area contributed by atoms with Gasteiger partial charge in [0.05, 0.1) is 18.2 Å². The normalized spacial score (nSPS) is 11.6. The van der Waals surface area contributed by atoms with E-state index >= 15 is 0 Å². The summed E-state index contributed by atoms with van der Waals surface area (Å²) in [6.07, 6.45) is 7.66. The van der Waals surface area contributed by atoms with Crippen LogP contribution in [0.2, 0.25) is 0 Å². The first-order valence-electron chi connectivity index (χ1n) is 7.72. The fraction of sp³-hybridized carbons (Fsp3) is 0.929. The number of rotatable bonds is 13. The predicted octanol–water partition coefficient (Wildman–Crippen LogP) is 4.53. The van der Waals surface area contributed by atoms with Crippen molar-refractivity contribution in [1.82, 2.24) is 5.32 Å². The van der Waals surface area contributed by atoms with Crippen LogP contribution in [-0.4, -0.2) is 30.9 Å². The predicted molar refractivity (Wildman–Crippen MR) is 89.7 cm³/mol. The molecule has 0 amide bonds. The third-order valence-electron chi connectivity index (χ3n) is 2.84. The van der Waals surface area contributed by atoms with Gasteiger partial charge in [-0.15, -0.1) is 0 Å². The zero-order chi connectivity index (χ0) is 15.3. The van der Waals surface area contributed by atoms with Crippen LogP contribution in [-0.2, 0) is 13.6 Å². The Morgan fingerprint density at radius 2 is 1.55 bits per heavy atom. The second-order valence-corrected chi connectivity index (χ2v) is 7.27. The lowest BCUT2D eigenvalue weighted by Gasteiger charge is -2.17. The van der Waals surface area contributed by atoms with Gasteiger partial charge in [-0.3, -0.25) is 4.57 Å². The average Bonchev–Trinajstić information content (AvgIpc) is 2.38. The Morgan fingerprint density at radius 3 is 2.10 bits per heavy atom. The van der Waals surface area contributed by atoms with Gasteiger partial charge in [-0.2, -0.15) is 0 Å². The molecule has 0 saturated carbocycles. The molecule has 0 aliphatic rings. The largest absolute Gasteiger partial charge is 0.379 e. The third kappa shape index (κ3) is 10.8. The second-order valence-electron chi connectivity index (χ2n) is 4.72. The molecule has 20 heavy (non-hydrogen) atoms. The van der Waals surface area contributed by atoms with Crippen molar-refractivity contribution < 1.29 is 13.6 Å². The Labute approximate surface area is 129 Å². The lowest BCUT2D eigenvalue weighted by molar-refractivity contribution is 0.223. The molecule has 0 aliphatic heterocycles. The first-order chi connectivity index (χ1) is 9.58. The zero-order valence-corrected chi connectivity index (χ0v) is 14.9. The number of nitrogens with one attached hydrogen (secondary N) is 1. The van der Waals surface area contributed by atoms with E-state index in [-0.39, 0.29) is 6.16 Å². The summed E-state index contributed by atoms with van der Waals surface area (Å²) in [4.78, 5) is 0.573. The molecular formula is C14H30NO3PS. The fourth-order valence-electron chi connectivity index (χ4n) is 1.89. The summed E-state index contributed by atoms with van der Waals surface area (Å²) in [5.41, 5.74) is 0. The molecule has 0 bridgehead atoms. The first-order valence-corrected chi connectivity index (χ1v) is 9.86. The Hall–Kier alpha value is 0.0400. The lowest BCUT2D eigenvalue weighted by Crippen LogP contribution is -2.26. The van der Waals surface area contributed by atoms with E-state index in [4.69, 9.17) is 21.3 Å². The topological polar surface area (TPSA) is 47.6 Å². The number of hydrogen-bond acceptors (Lipinski definition) is 4. The summed E-state index contributed by atoms with van der Waals surface area (Å²) in [6.45, 7) is 7.41. The monoisotopic (exact) mass is 323 g/mol. The van der Waals surface area contributed by atoms with Crippen molar-refractivity contribution in [1.29, 1.82) is 0 Å². The van der Waals surface area contributed by atoms with E-state index < -0.39 is 7.60 Å². The smallest absolute Gasteiger partial charge is 0.337 e. The summed E-state index contributed by atoms with van der Waals surface area (Å²) < 4.78 is 22.7. The summed E-state index contributed by atoms with van der Waals surface area (Å²) in [5.74, 6) is 0. The molecule has 6 heteroatoms. The van der Waals surface area contributed by atoms with E-state index in [1.807, 2.05) is 0 Å². The van der Waals surface area contributed by atoms with E-state index in [9.17, 15) is 4.57 Å². The minimum absolute atomic E-state index is 0.180. The molecule has 0 spiro atoms. The Balaban J connectivity index is 3.77. The van der Waals surface area contributed by atoms with Gasteiger partial charge >= 0.3 is 7.60 Å². The van der Waals surface area contributed by atoms with Gasteiger partial charge in [-0.05, 0) is 20.3 Å². The van der Waals surface area contributed by atoms with Gasteiger partial charge < -0.3 is 14.4 Å². The van der Waals surface area contributed by atoms with Crippen LogP contribution in [0.4, 0.5) is 0 Å². The van der Waals surface area contributed by atoms with Crippen molar-refractivity contribution in [2.75, 3.05) is 25.9 Å². The van der Waals surface area contributed by atoms with Crippen molar-refractivity contribution >= 4 is 24.8 Å².